The van der Waals surface area contributed by atoms with Gasteiger partial charge in [-0.25, -0.2) is 4.83 Å². The van der Waals surface area contributed by atoms with Crippen LogP contribution < -0.4 is 10.1 Å². The second-order valence-corrected chi connectivity index (χ2v) is 3.54. The lowest BCUT2D eigenvalue weighted by Gasteiger charge is -2.08. The molecule has 0 radical (unpaired) electrons. The molecular weight excluding hydrogens is 194 g/mol. The summed E-state index contributed by atoms with van der Waals surface area (Å²) in [5, 5.41) is 9.26. The van der Waals surface area contributed by atoms with E-state index in [1.54, 1.807) is 0 Å². The molecule has 4 heteroatoms. The van der Waals surface area contributed by atoms with Gasteiger partial charge in [-0.2, -0.15) is 5.10 Å². The Morgan fingerprint density at radius 2 is 2.14 bits per heavy atom. The maximum Gasteiger partial charge on any atom is 0.147 e. The summed E-state index contributed by atoms with van der Waals surface area (Å²) in [6.07, 6.45) is 1.95. The average molecular weight is 205 g/mol. The van der Waals surface area contributed by atoms with Crippen LogP contribution in [0.5, 0.6) is 0 Å². The molecule has 2 rings (SSSR count). The molecule has 1 aromatic carbocycles. The van der Waals surface area contributed by atoms with E-state index in [9.17, 15) is 0 Å². The van der Waals surface area contributed by atoms with E-state index in [0.29, 0.717) is 0 Å². The zero-order chi connectivity index (χ0) is 9.64. The lowest BCUT2D eigenvalue weighted by atomic mass is 10.2. The minimum absolute atomic E-state index is 0.802. The first-order valence-electron chi connectivity index (χ1n) is 4.38. The predicted molar refractivity (Wildman–Crippen MR) is 60.6 cm³/mol. The van der Waals surface area contributed by atoms with E-state index in [1.165, 1.54) is 17.5 Å². The van der Waals surface area contributed by atoms with Gasteiger partial charge in [0, 0.05) is 6.54 Å². The molecular formula is C10H11N3S. The van der Waals surface area contributed by atoms with Crippen LogP contribution in [0, 0.1) is 0 Å². The monoisotopic (exact) mass is 205 g/mol. The third kappa shape index (κ3) is 2.53. The lowest BCUT2D eigenvalue weighted by molar-refractivity contribution is 0.900. The summed E-state index contributed by atoms with van der Waals surface area (Å²) in [5.74, 6) is 0.868. The number of benzene rings is 1. The minimum Gasteiger partial charge on any atom is -0.365 e. The molecule has 3 nitrogen and oxygen atoms in total. The zero-order valence-corrected chi connectivity index (χ0v) is 8.42. The van der Waals surface area contributed by atoms with Crippen LogP contribution in [-0.2, 0) is 6.54 Å². The molecule has 0 unspecified atom stereocenters. The fourth-order valence-corrected chi connectivity index (χ4v) is 1.54. The van der Waals surface area contributed by atoms with Crippen molar-refractivity contribution in [3.05, 3.63) is 47.4 Å². The second-order valence-electron chi connectivity index (χ2n) is 2.85. The maximum atomic E-state index is 4.08. The Hall–Kier alpha value is -1.42. The van der Waals surface area contributed by atoms with Crippen LogP contribution >= 0.6 is 11.9 Å². The van der Waals surface area contributed by atoms with Crippen LogP contribution in [-0.4, -0.2) is 5.84 Å². The summed E-state index contributed by atoms with van der Waals surface area (Å²) in [6.45, 7) is 0.802. The molecule has 2 N–H and O–H groups in total. The topological polar surface area (TPSA) is 36.4 Å². The van der Waals surface area contributed by atoms with Gasteiger partial charge in [0.05, 0.1) is 0 Å². The SMILES string of the molecule is C1=CC(NCc2ccccc2)=NNS1. The Kier molecular flexibility index (Phi) is 3.08. The first-order valence-corrected chi connectivity index (χ1v) is 5.26. The molecule has 0 fully saturated rings. The Morgan fingerprint density at radius 1 is 1.29 bits per heavy atom. The molecule has 0 bridgehead atoms. The van der Waals surface area contributed by atoms with Gasteiger partial charge in [0.2, 0.25) is 0 Å². The van der Waals surface area contributed by atoms with Crippen molar-refractivity contribution in [2.24, 2.45) is 5.10 Å². The maximum absolute atomic E-state index is 4.08. The van der Waals surface area contributed by atoms with Gasteiger partial charge >= 0.3 is 0 Å². The fourth-order valence-electron chi connectivity index (χ4n) is 1.13. The van der Waals surface area contributed by atoms with Crippen molar-refractivity contribution in [2.75, 3.05) is 0 Å². The quantitative estimate of drug-likeness (QED) is 0.723. The summed E-state index contributed by atoms with van der Waals surface area (Å²) in [6, 6.07) is 10.2. The molecule has 0 spiro atoms. The van der Waals surface area contributed by atoms with E-state index in [4.69, 9.17) is 0 Å². The van der Waals surface area contributed by atoms with Gasteiger partial charge in [0.15, 0.2) is 0 Å². The van der Waals surface area contributed by atoms with Crippen LogP contribution in [0.3, 0.4) is 0 Å². The summed E-state index contributed by atoms with van der Waals surface area (Å²) in [7, 11) is 0. The Morgan fingerprint density at radius 3 is 2.86 bits per heavy atom. The minimum atomic E-state index is 0.802. The number of nitrogens with zero attached hydrogens (tertiary/aromatic N) is 1. The van der Waals surface area contributed by atoms with Gasteiger partial charge in [-0.15, -0.1) is 0 Å². The van der Waals surface area contributed by atoms with Gasteiger partial charge in [-0.1, -0.05) is 30.3 Å². The summed E-state index contributed by atoms with van der Waals surface area (Å²) in [5.41, 5.74) is 1.25. The molecule has 0 saturated carbocycles. The number of hydrazone groups is 1. The van der Waals surface area contributed by atoms with Crippen LogP contribution in [0.1, 0.15) is 5.56 Å². The van der Waals surface area contributed by atoms with Crippen LogP contribution in [0.4, 0.5) is 0 Å². The zero-order valence-electron chi connectivity index (χ0n) is 7.60. The van der Waals surface area contributed by atoms with Crippen LogP contribution in [0.2, 0.25) is 0 Å². The van der Waals surface area contributed by atoms with Gasteiger partial charge in [-0.05, 0) is 29.0 Å². The van der Waals surface area contributed by atoms with Crippen molar-refractivity contribution >= 4 is 17.8 Å². The molecule has 0 saturated heterocycles. The van der Waals surface area contributed by atoms with Crippen molar-refractivity contribution in [3.63, 3.8) is 0 Å². The highest BCUT2D eigenvalue weighted by Crippen LogP contribution is 2.02. The standard InChI is InChI=1S/C10H11N3S/c1-2-4-9(5-3-1)8-11-10-6-7-14-13-12-10/h1-7,13H,8H2,(H,11,12). The third-order valence-electron chi connectivity index (χ3n) is 1.83. The Labute approximate surface area is 87.4 Å². The average Bonchev–Trinajstić information content (AvgIpc) is 2.29. The fraction of sp³-hybridized carbons (Fsp3) is 0.100. The molecule has 0 amide bonds. The Bertz CT molecular complexity index is 346. The van der Waals surface area contributed by atoms with Crippen molar-refractivity contribution < 1.29 is 0 Å². The van der Waals surface area contributed by atoms with Crippen LogP contribution in [0.25, 0.3) is 0 Å². The summed E-state index contributed by atoms with van der Waals surface area (Å²) in [4.78, 5) is 2.83. The van der Waals surface area contributed by atoms with Gasteiger partial charge in [0.1, 0.15) is 5.84 Å². The van der Waals surface area contributed by atoms with Crippen molar-refractivity contribution in [1.82, 2.24) is 10.1 Å². The Balaban J connectivity index is 1.88. The van der Waals surface area contributed by atoms with Crippen molar-refractivity contribution in [1.29, 1.82) is 0 Å². The first-order chi connectivity index (χ1) is 6.95. The molecule has 1 aliphatic heterocycles. The number of nitrogens with one attached hydrogen (secondary N) is 2. The number of hydrogen-bond acceptors (Lipinski definition) is 4. The normalized spacial score (nSPS) is 14.4. The molecule has 1 heterocycles. The summed E-state index contributed by atoms with van der Waals surface area (Å²) < 4.78 is 0. The molecule has 14 heavy (non-hydrogen) atoms. The van der Waals surface area contributed by atoms with Crippen LogP contribution in [0.15, 0.2) is 46.9 Å². The number of amidine groups is 1. The smallest absolute Gasteiger partial charge is 0.147 e. The molecule has 0 aromatic heterocycles. The lowest BCUT2D eigenvalue weighted by Crippen LogP contribution is -2.23. The van der Waals surface area contributed by atoms with E-state index in [-0.39, 0.29) is 0 Å². The van der Waals surface area contributed by atoms with E-state index in [2.05, 4.69) is 27.4 Å². The van der Waals surface area contributed by atoms with E-state index >= 15 is 0 Å². The highest BCUT2D eigenvalue weighted by atomic mass is 32.2. The van der Waals surface area contributed by atoms with E-state index in [0.717, 1.165) is 12.4 Å². The second kappa shape index (κ2) is 4.72. The highest BCUT2D eigenvalue weighted by molar-refractivity contribution is 8.00. The van der Waals surface area contributed by atoms with Crippen molar-refractivity contribution in [2.45, 2.75) is 6.54 Å². The van der Waals surface area contributed by atoms with Gasteiger partial charge in [0.25, 0.3) is 0 Å². The molecule has 0 atom stereocenters. The van der Waals surface area contributed by atoms with Crippen molar-refractivity contribution in [3.8, 4) is 0 Å². The van der Waals surface area contributed by atoms with Gasteiger partial charge in [-0.3, -0.25) is 0 Å². The first kappa shape index (κ1) is 9.15. The largest absolute Gasteiger partial charge is 0.365 e. The molecule has 1 aromatic rings. The van der Waals surface area contributed by atoms with E-state index < -0.39 is 0 Å². The highest BCUT2D eigenvalue weighted by Gasteiger charge is 1.97. The molecule has 0 aliphatic carbocycles. The van der Waals surface area contributed by atoms with E-state index in [1.807, 2.05) is 29.7 Å². The predicted octanol–water partition coefficient (Wildman–Crippen LogP) is 1.85. The summed E-state index contributed by atoms with van der Waals surface area (Å²) >= 11 is 1.46. The third-order valence-corrected chi connectivity index (χ3v) is 2.30. The molecule has 1 aliphatic rings. The number of rotatable bonds is 2. The van der Waals surface area contributed by atoms with Gasteiger partial charge < -0.3 is 5.32 Å². The number of hydrogen-bond donors (Lipinski definition) is 2. The molecule has 72 valence electrons.